The maximum atomic E-state index is 12.7. The molecule has 1 aromatic carbocycles. The van der Waals surface area contributed by atoms with Crippen LogP contribution < -0.4 is 16.2 Å². The average Bonchev–Trinajstić information content (AvgIpc) is 2.81. The van der Waals surface area contributed by atoms with Gasteiger partial charge < -0.3 is 10.6 Å². The van der Waals surface area contributed by atoms with Crippen LogP contribution in [-0.2, 0) is 0 Å². The summed E-state index contributed by atoms with van der Waals surface area (Å²) in [6, 6.07) is 17.7. The van der Waals surface area contributed by atoms with Crippen LogP contribution in [-0.4, -0.2) is 26.3 Å². The molecule has 2 amide bonds. The summed E-state index contributed by atoms with van der Waals surface area (Å²) in [5.41, 5.74) is 1.08. The molecule has 0 aliphatic rings. The van der Waals surface area contributed by atoms with Gasteiger partial charge in [0, 0.05) is 35.9 Å². The Bertz CT molecular complexity index is 1330. The number of hydrogen-bond acceptors (Lipinski definition) is 5. The number of carbonyl (C=O) groups excluding carboxylic acids is 2. The van der Waals surface area contributed by atoms with Gasteiger partial charge in [-0.25, -0.2) is 9.97 Å². The Morgan fingerprint density at radius 3 is 2.38 bits per heavy atom. The molecular weight excluding hydrogens is 430 g/mol. The Balaban J connectivity index is 1.51. The van der Waals surface area contributed by atoms with Crippen LogP contribution in [0, 0.1) is 0 Å². The van der Waals surface area contributed by atoms with Gasteiger partial charge in [0.25, 0.3) is 17.4 Å². The number of nitrogens with zero attached hydrogens (tertiary/aromatic N) is 3. The quantitative estimate of drug-likeness (QED) is 0.486. The Kier molecular flexibility index (Phi) is 6.05. The number of nitrogens with one attached hydrogen (secondary N) is 2. The fourth-order valence-electron chi connectivity index (χ4n) is 2.92. The number of carbonyl (C=O) groups is 2. The summed E-state index contributed by atoms with van der Waals surface area (Å²) in [5, 5.41) is 5.76. The lowest BCUT2D eigenvalue weighted by atomic mass is 10.1. The van der Waals surface area contributed by atoms with Crippen LogP contribution in [0.3, 0.4) is 0 Å². The third-order valence-electron chi connectivity index (χ3n) is 4.47. The van der Waals surface area contributed by atoms with E-state index in [2.05, 4.69) is 20.6 Å². The first-order valence-corrected chi connectivity index (χ1v) is 9.86. The van der Waals surface area contributed by atoms with E-state index in [4.69, 9.17) is 11.6 Å². The second-order valence-electron chi connectivity index (χ2n) is 6.63. The highest BCUT2D eigenvalue weighted by molar-refractivity contribution is 6.30. The maximum absolute atomic E-state index is 12.7. The van der Waals surface area contributed by atoms with Gasteiger partial charge >= 0.3 is 0 Å². The van der Waals surface area contributed by atoms with Crippen molar-refractivity contribution in [2.45, 2.75) is 0 Å². The largest absolute Gasteiger partial charge is 0.320 e. The topological polar surface area (TPSA) is 106 Å². The third-order valence-corrected chi connectivity index (χ3v) is 4.69. The minimum absolute atomic E-state index is 0.0325. The van der Waals surface area contributed by atoms with Crippen LogP contribution in [0.5, 0.6) is 0 Å². The molecule has 0 atom stereocenters. The monoisotopic (exact) mass is 445 g/mol. The molecule has 32 heavy (non-hydrogen) atoms. The lowest BCUT2D eigenvalue weighted by molar-refractivity contribution is 0.102. The second kappa shape index (κ2) is 9.23. The van der Waals surface area contributed by atoms with Gasteiger partial charge in [0.05, 0.1) is 10.7 Å². The summed E-state index contributed by atoms with van der Waals surface area (Å²) in [6.07, 6.45) is 4.51. The Hall–Kier alpha value is -4.30. The van der Waals surface area contributed by atoms with Crippen LogP contribution >= 0.6 is 11.6 Å². The molecule has 0 spiro atoms. The fraction of sp³-hybridized carbons (Fsp3) is 0. The van der Waals surface area contributed by atoms with Gasteiger partial charge in [0.1, 0.15) is 5.82 Å². The molecule has 4 rings (SSSR count). The molecule has 0 unspecified atom stereocenters. The molecule has 3 aromatic heterocycles. The zero-order chi connectivity index (χ0) is 22.5. The lowest BCUT2D eigenvalue weighted by Gasteiger charge is -2.11. The van der Waals surface area contributed by atoms with Crippen molar-refractivity contribution in [3.8, 4) is 5.69 Å². The van der Waals surface area contributed by atoms with E-state index in [1.54, 1.807) is 66.9 Å². The van der Waals surface area contributed by atoms with Crippen LogP contribution in [0.4, 0.5) is 11.5 Å². The molecule has 0 bridgehead atoms. The Morgan fingerprint density at radius 2 is 1.66 bits per heavy atom. The molecule has 9 heteroatoms. The predicted octanol–water partition coefficient (Wildman–Crippen LogP) is 3.79. The summed E-state index contributed by atoms with van der Waals surface area (Å²) in [7, 11) is 0. The standard InChI is InChI=1S/C23H16ClN5O3/c24-16-8-11-19(26-14-16)28-23(32)21-18(4-3-12-25-21)27-22(31)15-6-9-17(10-7-15)29-13-2-1-5-20(29)30/h1-14H,(H,27,31)(H,26,28,32). The summed E-state index contributed by atoms with van der Waals surface area (Å²) in [4.78, 5) is 45.4. The van der Waals surface area contributed by atoms with E-state index in [1.807, 2.05) is 0 Å². The normalized spacial score (nSPS) is 10.4. The highest BCUT2D eigenvalue weighted by Crippen LogP contribution is 2.17. The molecule has 158 valence electrons. The van der Waals surface area contributed by atoms with E-state index in [9.17, 15) is 14.4 Å². The number of amides is 2. The van der Waals surface area contributed by atoms with Gasteiger partial charge in [-0.2, -0.15) is 0 Å². The van der Waals surface area contributed by atoms with Crippen LogP contribution in [0.2, 0.25) is 5.02 Å². The fourth-order valence-corrected chi connectivity index (χ4v) is 3.03. The number of hydrogen-bond donors (Lipinski definition) is 2. The number of aromatic nitrogens is 3. The molecule has 0 radical (unpaired) electrons. The van der Waals surface area contributed by atoms with Crippen molar-refractivity contribution in [1.29, 1.82) is 0 Å². The first-order chi connectivity index (χ1) is 15.5. The zero-order valence-electron chi connectivity index (χ0n) is 16.5. The van der Waals surface area contributed by atoms with Crippen molar-refractivity contribution in [3.05, 3.63) is 112 Å². The van der Waals surface area contributed by atoms with Crippen molar-refractivity contribution in [2.24, 2.45) is 0 Å². The summed E-state index contributed by atoms with van der Waals surface area (Å²) < 4.78 is 1.47. The highest BCUT2D eigenvalue weighted by atomic mass is 35.5. The molecule has 0 saturated carbocycles. The molecule has 0 saturated heterocycles. The van der Waals surface area contributed by atoms with Crippen molar-refractivity contribution in [3.63, 3.8) is 0 Å². The Morgan fingerprint density at radius 1 is 0.844 bits per heavy atom. The number of anilines is 2. The van der Waals surface area contributed by atoms with Crippen LogP contribution in [0.25, 0.3) is 5.69 Å². The van der Waals surface area contributed by atoms with Crippen molar-refractivity contribution >= 4 is 34.9 Å². The van der Waals surface area contributed by atoms with E-state index in [-0.39, 0.29) is 16.9 Å². The highest BCUT2D eigenvalue weighted by Gasteiger charge is 2.16. The van der Waals surface area contributed by atoms with Gasteiger partial charge in [0.15, 0.2) is 5.69 Å². The smallest absolute Gasteiger partial charge is 0.277 e. The van der Waals surface area contributed by atoms with E-state index >= 15 is 0 Å². The number of pyridine rings is 3. The molecule has 3 heterocycles. The average molecular weight is 446 g/mol. The van der Waals surface area contributed by atoms with Gasteiger partial charge in [-0.1, -0.05) is 17.7 Å². The van der Waals surface area contributed by atoms with Gasteiger partial charge in [-0.05, 0) is 54.6 Å². The van der Waals surface area contributed by atoms with Gasteiger partial charge in [0.2, 0.25) is 0 Å². The maximum Gasteiger partial charge on any atom is 0.277 e. The molecule has 4 aromatic rings. The minimum Gasteiger partial charge on any atom is -0.320 e. The number of rotatable bonds is 5. The van der Waals surface area contributed by atoms with Crippen molar-refractivity contribution in [1.82, 2.24) is 14.5 Å². The minimum atomic E-state index is -0.533. The molecule has 2 N–H and O–H groups in total. The van der Waals surface area contributed by atoms with E-state index in [1.165, 1.54) is 23.0 Å². The molecule has 0 fully saturated rings. The molecular formula is C23H16ClN5O3. The van der Waals surface area contributed by atoms with Gasteiger partial charge in [-0.15, -0.1) is 0 Å². The summed E-state index contributed by atoms with van der Waals surface area (Å²) >= 11 is 5.81. The van der Waals surface area contributed by atoms with Crippen LogP contribution in [0.15, 0.2) is 90.1 Å². The van der Waals surface area contributed by atoms with Gasteiger partial charge in [-0.3, -0.25) is 19.0 Å². The number of halogens is 1. The SMILES string of the molecule is O=C(Nc1cccnc1C(=O)Nc1ccc(Cl)cn1)c1ccc(-n2ccccc2=O)cc1. The molecule has 8 nitrogen and oxygen atoms in total. The molecule has 0 aliphatic carbocycles. The van der Waals surface area contributed by atoms with Crippen molar-refractivity contribution < 1.29 is 9.59 Å². The lowest BCUT2D eigenvalue weighted by Crippen LogP contribution is -2.20. The van der Waals surface area contributed by atoms with E-state index in [0.717, 1.165) is 0 Å². The predicted molar refractivity (Wildman–Crippen MR) is 121 cm³/mol. The first kappa shape index (κ1) is 21.0. The van der Waals surface area contributed by atoms with E-state index < -0.39 is 11.8 Å². The molecule has 0 aliphatic heterocycles. The Labute approximate surface area is 187 Å². The van der Waals surface area contributed by atoms with E-state index in [0.29, 0.717) is 22.1 Å². The number of benzene rings is 1. The summed E-state index contributed by atoms with van der Waals surface area (Å²) in [5.74, 6) is -0.660. The first-order valence-electron chi connectivity index (χ1n) is 9.49. The van der Waals surface area contributed by atoms with Crippen molar-refractivity contribution in [2.75, 3.05) is 10.6 Å². The summed E-state index contributed by atoms with van der Waals surface area (Å²) in [6.45, 7) is 0. The zero-order valence-corrected chi connectivity index (χ0v) is 17.3. The van der Waals surface area contributed by atoms with Crippen LogP contribution in [0.1, 0.15) is 20.8 Å². The third kappa shape index (κ3) is 4.71. The second-order valence-corrected chi connectivity index (χ2v) is 7.06.